The van der Waals surface area contributed by atoms with E-state index in [1.807, 2.05) is 0 Å². The van der Waals surface area contributed by atoms with Crippen LogP contribution in [0.3, 0.4) is 0 Å². The van der Waals surface area contributed by atoms with Crippen molar-refractivity contribution in [3.63, 3.8) is 0 Å². The standard InChI is InChI=1S/C23H17Cl2FN2O2/c1-14-22(29)27(13-17-18(24)5-4-6-19(17)25)20-7-2-3-8-21(20)28(14)23(30)15-9-11-16(26)12-10-15/h2-12,14H,13H2,1H3/t14-/m1/s1. The third kappa shape index (κ3) is 3.55. The number of carbonyl (C=O) groups is 2. The van der Waals surface area contributed by atoms with Gasteiger partial charge in [-0.15, -0.1) is 0 Å². The maximum atomic E-state index is 13.3. The Morgan fingerprint density at radius 2 is 1.53 bits per heavy atom. The fourth-order valence-corrected chi connectivity index (χ4v) is 4.10. The maximum Gasteiger partial charge on any atom is 0.259 e. The molecule has 7 heteroatoms. The minimum atomic E-state index is -0.765. The van der Waals surface area contributed by atoms with E-state index < -0.39 is 11.9 Å². The molecule has 0 unspecified atom stereocenters. The zero-order chi connectivity index (χ0) is 21.4. The van der Waals surface area contributed by atoms with Crippen molar-refractivity contribution < 1.29 is 14.0 Å². The molecule has 1 aliphatic heterocycles. The van der Waals surface area contributed by atoms with Crippen molar-refractivity contribution in [1.29, 1.82) is 0 Å². The first-order valence-corrected chi connectivity index (χ1v) is 10.1. The summed E-state index contributed by atoms with van der Waals surface area (Å²) in [6.07, 6.45) is 0. The van der Waals surface area contributed by atoms with Crippen molar-refractivity contribution >= 4 is 46.4 Å². The average molecular weight is 443 g/mol. The Balaban J connectivity index is 1.77. The quantitative estimate of drug-likeness (QED) is 0.520. The number of anilines is 2. The lowest BCUT2D eigenvalue weighted by atomic mass is 10.0. The van der Waals surface area contributed by atoms with Crippen molar-refractivity contribution in [2.75, 3.05) is 9.80 Å². The van der Waals surface area contributed by atoms with Crippen LogP contribution in [0.25, 0.3) is 0 Å². The molecule has 0 fully saturated rings. The predicted octanol–water partition coefficient (Wildman–Crippen LogP) is 5.71. The van der Waals surface area contributed by atoms with E-state index in [1.54, 1.807) is 54.3 Å². The van der Waals surface area contributed by atoms with Crippen LogP contribution < -0.4 is 9.80 Å². The van der Waals surface area contributed by atoms with Crippen LogP contribution in [0.15, 0.2) is 66.7 Å². The molecule has 0 aromatic heterocycles. The highest BCUT2D eigenvalue weighted by atomic mass is 35.5. The van der Waals surface area contributed by atoms with Crippen LogP contribution in [-0.4, -0.2) is 17.9 Å². The zero-order valence-electron chi connectivity index (χ0n) is 16.0. The largest absolute Gasteiger partial charge is 0.304 e. The lowest BCUT2D eigenvalue weighted by molar-refractivity contribution is -0.119. The van der Waals surface area contributed by atoms with Gasteiger partial charge in [0.25, 0.3) is 5.91 Å². The molecule has 30 heavy (non-hydrogen) atoms. The van der Waals surface area contributed by atoms with Gasteiger partial charge < -0.3 is 4.90 Å². The van der Waals surface area contributed by atoms with Gasteiger partial charge in [0.1, 0.15) is 11.9 Å². The lowest BCUT2D eigenvalue weighted by Gasteiger charge is -2.40. The average Bonchev–Trinajstić information content (AvgIpc) is 2.74. The molecule has 0 N–H and O–H groups in total. The third-order valence-electron chi connectivity index (χ3n) is 5.13. The van der Waals surface area contributed by atoms with Crippen molar-refractivity contribution in [2.24, 2.45) is 0 Å². The number of amides is 2. The first-order valence-electron chi connectivity index (χ1n) is 9.31. The molecule has 3 aromatic carbocycles. The minimum Gasteiger partial charge on any atom is -0.304 e. The molecule has 0 saturated heterocycles. The number of hydrogen-bond acceptors (Lipinski definition) is 2. The topological polar surface area (TPSA) is 40.6 Å². The highest BCUT2D eigenvalue weighted by Crippen LogP contribution is 2.39. The van der Waals surface area contributed by atoms with Gasteiger partial charge in [0.15, 0.2) is 0 Å². The zero-order valence-corrected chi connectivity index (χ0v) is 17.5. The highest BCUT2D eigenvalue weighted by molar-refractivity contribution is 6.36. The van der Waals surface area contributed by atoms with E-state index >= 15 is 0 Å². The Hall–Kier alpha value is -2.89. The highest BCUT2D eigenvalue weighted by Gasteiger charge is 2.39. The van der Waals surface area contributed by atoms with E-state index in [0.717, 1.165) is 0 Å². The molecule has 4 nitrogen and oxygen atoms in total. The number of para-hydroxylation sites is 2. The second kappa shape index (κ2) is 8.09. The number of fused-ring (bicyclic) bond motifs is 1. The van der Waals surface area contributed by atoms with Crippen LogP contribution in [0.4, 0.5) is 15.8 Å². The summed E-state index contributed by atoms with van der Waals surface area (Å²) < 4.78 is 13.3. The molecule has 4 rings (SSSR count). The van der Waals surface area contributed by atoms with Gasteiger partial charge in [-0.2, -0.15) is 0 Å². The number of rotatable bonds is 3. The second-order valence-electron chi connectivity index (χ2n) is 6.97. The Kier molecular flexibility index (Phi) is 5.50. The Bertz CT molecular complexity index is 1110. The summed E-state index contributed by atoms with van der Waals surface area (Å²) in [4.78, 5) is 29.5. The van der Waals surface area contributed by atoms with Gasteiger partial charge in [-0.05, 0) is 55.5 Å². The molecule has 0 spiro atoms. The summed E-state index contributed by atoms with van der Waals surface area (Å²) in [5, 5.41) is 0.926. The van der Waals surface area contributed by atoms with E-state index in [0.29, 0.717) is 32.5 Å². The van der Waals surface area contributed by atoms with Gasteiger partial charge in [-0.3, -0.25) is 14.5 Å². The van der Waals surface area contributed by atoms with Gasteiger partial charge in [0.05, 0.1) is 17.9 Å². The normalized spacial score (nSPS) is 15.9. The van der Waals surface area contributed by atoms with Crippen LogP contribution in [0, 0.1) is 5.82 Å². The van der Waals surface area contributed by atoms with Gasteiger partial charge >= 0.3 is 0 Å². The third-order valence-corrected chi connectivity index (χ3v) is 5.84. The summed E-state index contributed by atoms with van der Waals surface area (Å²) >= 11 is 12.6. The first kappa shape index (κ1) is 20.4. The van der Waals surface area contributed by atoms with Gasteiger partial charge in [-0.25, -0.2) is 4.39 Å². The van der Waals surface area contributed by atoms with Crippen molar-refractivity contribution in [3.8, 4) is 0 Å². The van der Waals surface area contributed by atoms with Gasteiger partial charge in [0, 0.05) is 21.2 Å². The van der Waals surface area contributed by atoms with E-state index in [1.165, 1.54) is 29.2 Å². The Labute approximate surface area is 183 Å². The SMILES string of the molecule is C[C@@H]1C(=O)N(Cc2c(Cl)cccc2Cl)c2ccccc2N1C(=O)c1ccc(F)cc1. The smallest absolute Gasteiger partial charge is 0.259 e. The van der Waals surface area contributed by atoms with E-state index in [4.69, 9.17) is 23.2 Å². The number of halogens is 3. The van der Waals surface area contributed by atoms with Crippen molar-refractivity contribution in [1.82, 2.24) is 0 Å². The summed E-state index contributed by atoms with van der Waals surface area (Å²) in [6.45, 7) is 1.85. The maximum absolute atomic E-state index is 13.3. The molecule has 1 atom stereocenters. The molecular weight excluding hydrogens is 426 g/mol. The van der Waals surface area contributed by atoms with Crippen molar-refractivity contribution in [2.45, 2.75) is 19.5 Å². The van der Waals surface area contributed by atoms with Crippen LogP contribution >= 0.6 is 23.2 Å². The molecular formula is C23H17Cl2FN2O2. The number of nitrogens with zero attached hydrogens (tertiary/aromatic N) is 2. The molecule has 0 bridgehead atoms. The number of hydrogen-bond donors (Lipinski definition) is 0. The first-order chi connectivity index (χ1) is 14.4. The molecule has 152 valence electrons. The minimum absolute atomic E-state index is 0.178. The lowest BCUT2D eigenvalue weighted by Crippen LogP contribution is -2.54. The van der Waals surface area contributed by atoms with Crippen LogP contribution in [0.5, 0.6) is 0 Å². The summed E-state index contributed by atoms with van der Waals surface area (Å²) in [6, 6.07) is 16.8. The number of benzene rings is 3. The fraction of sp³-hybridized carbons (Fsp3) is 0.130. The van der Waals surface area contributed by atoms with Crippen molar-refractivity contribution in [3.05, 3.63) is 93.7 Å². The van der Waals surface area contributed by atoms with Gasteiger partial charge in [-0.1, -0.05) is 41.4 Å². The molecule has 3 aromatic rings. The van der Waals surface area contributed by atoms with Crippen LogP contribution in [0.1, 0.15) is 22.8 Å². The molecule has 1 aliphatic rings. The second-order valence-corrected chi connectivity index (χ2v) is 7.79. The van der Waals surface area contributed by atoms with Gasteiger partial charge in [0.2, 0.25) is 5.91 Å². The monoisotopic (exact) mass is 442 g/mol. The number of carbonyl (C=O) groups excluding carboxylic acids is 2. The molecule has 0 saturated carbocycles. The fourth-order valence-electron chi connectivity index (χ4n) is 3.58. The summed E-state index contributed by atoms with van der Waals surface area (Å²) in [5.74, 6) is -1.07. The van der Waals surface area contributed by atoms with E-state index in [2.05, 4.69) is 0 Å². The molecule has 0 radical (unpaired) electrons. The Morgan fingerprint density at radius 3 is 2.17 bits per heavy atom. The predicted molar refractivity (Wildman–Crippen MR) is 117 cm³/mol. The van der Waals surface area contributed by atoms with Crippen LogP contribution in [0.2, 0.25) is 10.0 Å². The summed E-state index contributed by atoms with van der Waals surface area (Å²) in [5.41, 5.74) is 2.09. The van der Waals surface area contributed by atoms with Crippen LogP contribution in [-0.2, 0) is 11.3 Å². The summed E-state index contributed by atoms with van der Waals surface area (Å²) in [7, 11) is 0. The van der Waals surface area contributed by atoms with E-state index in [-0.39, 0.29) is 18.4 Å². The van der Waals surface area contributed by atoms with E-state index in [9.17, 15) is 14.0 Å². The molecule has 2 amide bonds. The Morgan fingerprint density at radius 1 is 0.933 bits per heavy atom. The molecule has 1 heterocycles. The molecule has 0 aliphatic carbocycles.